The number of hydrogen-bond donors (Lipinski definition) is 2. The van der Waals surface area contributed by atoms with Crippen LogP contribution < -0.4 is 4.90 Å². The summed E-state index contributed by atoms with van der Waals surface area (Å²) in [6, 6.07) is 23.8. The second-order valence-electron chi connectivity index (χ2n) is 8.41. The standard InChI is InChI=1S/C27H24N6O/c34-27(33-16-14-32(15-17-33)20-6-2-1-3-7-20)19-10-11-21-24(18-19)31-26(23-9-5-13-29-23)25(30-21)22-8-4-12-28-22/h1-13,18,28-29H,14-17H2. The molecule has 168 valence electrons. The second kappa shape index (κ2) is 8.51. The Morgan fingerprint density at radius 2 is 1.35 bits per heavy atom. The van der Waals surface area contributed by atoms with Crippen LogP contribution in [-0.2, 0) is 0 Å². The number of nitrogens with one attached hydrogen (secondary N) is 2. The van der Waals surface area contributed by atoms with Crippen LogP contribution in [0.4, 0.5) is 5.69 Å². The van der Waals surface area contributed by atoms with E-state index in [2.05, 4.69) is 27.0 Å². The third-order valence-electron chi connectivity index (χ3n) is 6.31. The van der Waals surface area contributed by atoms with Crippen LogP contribution >= 0.6 is 0 Å². The molecular formula is C27H24N6O. The van der Waals surface area contributed by atoms with Crippen molar-refractivity contribution in [3.05, 3.63) is 90.8 Å². The van der Waals surface area contributed by atoms with E-state index in [1.807, 2.05) is 78.0 Å². The van der Waals surface area contributed by atoms with E-state index in [0.29, 0.717) is 24.2 Å². The number of aromatic amines is 2. The Morgan fingerprint density at radius 1 is 0.706 bits per heavy atom. The fraction of sp³-hybridized carbons (Fsp3) is 0.148. The monoisotopic (exact) mass is 448 g/mol. The molecule has 1 amide bonds. The van der Waals surface area contributed by atoms with Crippen molar-refractivity contribution in [3.8, 4) is 22.8 Å². The van der Waals surface area contributed by atoms with Gasteiger partial charge < -0.3 is 19.8 Å². The summed E-state index contributed by atoms with van der Waals surface area (Å²) in [5.74, 6) is 0.0336. The first-order valence-corrected chi connectivity index (χ1v) is 11.4. The largest absolute Gasteiger partial charge is 0.368 e. The molecule has 7 heteroatoms. The van der Waals surface area contributed by atoms with E-state index in [9.17, 15) is 4.79 Å². The van der Waals surface area contributed by atoms with E-state index >= 15 is 0 Å². The van der Waals surface area contributed by atoms with Gasteiger partial charge in [-0.2, -0.15) is 0 Å². The summed E-state index contributed by atoms with van der Waals surface area (Å²) < 4.78 is 0. The molecule has 0 bridgehead atoms. The highest BCUT2D eigenvalue weighted by Gasteiger charge is 2.23. The van der Waals surface area contributed by atoms with Gasteiger partial charge >= 0.3 is 0 Å². The zero-order valence-corrected chi connectivity index (χ0v) is 18.6. The highest BCUT2D eigenvalue weighted by atomic mass is 16.2. The molecule has 1 aliphatic rings. The van der Waals surface area contributed by atoms with Crippen molar-refractivity contribution in [1.82, 2.24) is 24.8 Å². The number of nitrogens with zero attached hydrogens (tertiary/aromatic N) is 4. The molecule has 4 heterocycles. The number of H-pyrrole nitrogens is 2. The molecule has 0 spiro atoms. The number of carbonyl (C=O) groups excluding carboxylic acids is 1. The summed E-state index contributed by atoms with van der Waals surface area (Å²) >= 11 is 0. The SMILES string of the molecule is O=C(c1ccc2nc(-c3ccc[nH]3)c(-c3ccc[nH]3)nc2c1)N1CCN(c2ccccc2)CC1. The summed E-state index contributed by atoms with van der Waals surface area (Å²) in [5.41, 5.74) is 6.60. The fourth-order valence-electron chi connectivity index (χ4n) is 4.51. The smallest absolute Gasteiger partial charge is 0.254 e. The first-order valence-electron chi connectivity index (χ1n) is 11.4. The van der Waals surface area contributed by atoms with Crippen molar-refractivity contribution in [2.75, 3.05) is 31.1 Å². The lowest BCUT2D eigenvalue weighted by molar-refractivity contribution is 0.0747. The number of aromatic nitrogens is 4. The van der Waals surface area contributed by atoms with Gasteiger partial charge in [0.05, 0.1) is 22.4 Å². The van der Waals surface area contributed by atoms with E-state index in [4.69, 9.17) is 9.97 Å². The molecule has 1 fully saturated rings. The molecule has 0 unspecified atom stereocenters. The van der Waals surface area contributed by atoms with E-state index in [1.165, 1.54) is 5.69 Å². The molecule has 0 aliphatic carbocycles. The Kier molecular flexibility index (Phi) is 5.07. The van der Waals surface area contributed by atoms with Crippen LogP contribution in [-0.4, -0.2) is 56.9 Å². The maximum absolute atomic E-state index is 13.3. The number of benzene rings is 2. The summed E-state index contributed by atoms with van der Waals surface area (Å²) in [5, 5.41) is 0. The van der Waals surface area contributed by atoms with Gasteiger partial charge in [0.15, 0.2) is 0 Å². The van der Waals surface area contributed by atoms with Crippen molar-refractivity contribution in [2.24, 2.45) is 0 Å². The molecule has 1 aliphatic heterocycles. The topological polar surface area (TPSA) is 80.9 Å². The zero-order chi connectivity index (χ0) is 22.9. The average Bonchev–Trinajstić information content (AvgIpc) is 3.63. The molecule has 1 saturated heterocycles. The van der Waals surface area contributed by atoms with Gasteiger partial charge in [-0.15, -0.1) is 0 Å². The predicted molar refractivity (Wildman–Crippen MR) is 134 cm³/mol. The Hall–Kier alpha value is -4.39. The summed E-state index contributed by atoms with van der Waals surface area (Å²) in [6.07, 6.45) is 3.74. The molecule has 5 aromatic rings. The Labute approximate surface area is 197 Å². The maximum atomic E-state index is 13.3. The summed E-state index contributed by atoms with van der Waals surface area (Å²) in [4.78, 5) is 33.8. The summed E-state index contributed by atoms with van der Waals surface area (Å²) in [6.45, 7) is 3.02. The number of hydrogen-bond acceptors (Lipinski definition) is 4. The number of carbonyl (C=O) groups is 1. The van der Waals surface area contributed by atoms with E-state index < -0.39 is 0 Å². The van der Waals surface area contributed by atoms with Crippen molar-refractivity contribution in [1.29, 1.82) is 0 Å². The van der Waals surface area contributed by atoms with Gasteiger partial charge in [0.1, 0.15) is 11.4 Å². The molecule has 0 saturated carbocycles. The molecule has 0 atom stereocenters. The molecular weight excluding hydrogens is 424 g/mol. The number of rotatable bonds is 4. The van der Waals surface area contributed by atoms with Crippen LogP contribution in [0.15, 0.2) is 85.2 Å². The van der Waals surface area contributed by atoms with Crippen LogP contribution in [0.3, 0.4) is 0 Å². The second-order valence-corrected chi connectivity index (χ2v) is 8.41. The van der Waals surface area contributed by atoms with Crippen LogP contribution in [0.2, 0.25) is 0 Å². The molecule has 2 aromatic carbocycles. The van der Waals surface area contributed by atoms with Crippen molar-refractivity contribution in [3.63, 3.8) is 0 Å². The van der Waals surface area contributed by atoms with Gasteiger partial charge in [0, 0.05) is 49.8 Å². The van der Waals surface area contributed by atoms with Gasteiger partial charge in [0.25, 0.3) is 5.91 Å². The maximum Gasteiger partial charge on any atom is 0.254 e. The van der Waals surface area contributed by atoms with E-state index in [0.717, 1.165) is 41.4 Å². The number of para-hydroxylation sites is 1. The van der Waals surface area contributed by atoms with Crippen molar-refractivity contribution in [2.45, 2.75) is 0 Å². The third-order valence-corrected chi connectivity index (χ3v) is 6.31. The number of fused-ring (bicyclic) bond motifs is 1. The lowest BCUT2D eigenvalue weighted by atomic mass is 10.1. The summed E-state index contributed by atoms with van der Waals surface area (Å²) in [7, 11) is 0. The molecule has 7 nitrogen and oxygen atoms in total. The van der Waals surface area contributed by atoms with Crippen molar-refractivity contribution < 1.29 is 4.79 Å². The van der Waals surface area contributed by atoms with Crippen LogP contribution in [0.25, 0.3) is 33.8 Å². The van der Waals surface area contributed by atoms with Gasteiger partial charge in [-0.05, 0) is 54.6 Å². The van der Waals surface area contributed by atoms with Crippen molar-refractivity contribution >= 4 is 22.6 Å². The van der Waals surface area contributed by atoms with Crippen LogP contribution in [0.1, 0.15) is 10.4 Å². The van der Waals surface area contributed by atoms with Gasteiger partial charge in [-0.3, -0.25) is 4.79 Å². The van der Waals surface area contributed by atoms with Gasteiger partial charge in [-0.1, -0.05) is 18.2 Å². The quantitative estimate of drug-likeness (QED) is 0.422. The Bertz CT molecular complexity index is 1420. The Morgan fingerprint density at radius 3 is 1.97 bits per heavy atom. The number of anilines is 1. The fourth-order valence-corrected chi connectivity index (χ4v) is 4.51. The lowest BCUT2D eigenvalue weighted by Gasteiger charge is -2.36. The first kappa shape index (κ1) is 20.2. The highest BCUT2D eigenvalue weighted by molar-refractivity contribution is 5.98. The highest BCUT2D eigenvalue weighted by Crippen LogP contribution is 2.29. The molecule has 2 N–H and O–H groups in total. The normalized spacial score (nSPS) is 14.0. The van der Waals surface area contributed by atoms with E-state index in [-0.39, 0.29) is 5.91 Å². The minimum absolute atomic E-state index is 0.0336. The Balaban J connectivity index is 1.29. The zero-order valence-electron chi connectivity index (χ0n) is 18.6. The molecule has 34 heavy (non-hydrogen) atoms. The third kappa shape index (κ3) is 3.71. The van der Waals surface area contributed by atoms with Crippen LogP contribution in [0.5, 0.6) is 0 Å². The molecule has 6 rings (SSSR count). The number of amides is 1. The molecule has 0 radical (unpaired) electrons. The van der Waals surface area contributed by atoms with Gasteiger partial charge in [-0.25, -0.2) is 9.97 Å². The van der Waals surface area contributed by atoms with Crippen LogP contribution in [0, 0.1) is 0 Å². The minimum Gasteiger partial charge on any atom is -0.368 e. The minimum atomic E-state index is 0.0336. The first-order chi connectivity index (χ1) is 16.8. The predicted octanol–water partition coefficient (Wildman–Crippen LogP) is 4.58. The van der Waals surface area contributed by atoms with E-state index in [1.54, 1.807) is 0 Å². The number of piperazine rings is 1. The molecule has 3 aromatic heterocycles. The van der Waals surface area contributed by atoms with Gasteiger partial charge in [0.2, 0.25) is 0 Å². The lowest BCUT2D eigenvalue weighted by Crippen LogP contribution is -2.48. The average molecular weight is 449 g/mol.